The highest BCUT2D eigenvalue weighted by Gasteiger charge is 2.23. The second-order valence-electron chi connectivity index (χ2n) is 5.46. The molecule has 2 aromatic heterocycles. The number of hydrogen-bond acceptors (Lipinski definition) is 4. The quantitative estimate of drug-likeness (QED) is 0.922. The van der Waals surface area contributed by atoms with Crippen molar-refractivity contribution in [2.45, 2.75) is 32.9 Å². The van der Waals surface area contributed by atoms with Crippen LogP contribution in [0, 0.1) is 12.8 Å². The Morgan fingerprint density at radius 2 is 2.19 bits per heavy atom. The summed E-state index contributed by atoms with van der Waals surface area (Å²) in [5.74, 6) is 0.588. The number of anilines is 1. The van der Waals surface area contributed by atoms with Gasteiger partial charge in [0.25, 0.3) is 5.56 Å². The summed E-state index contributed by atoms with van der Waals surface area (Å²) in [4.78, 5) is 16.6. The van der Waals surface area contributed by atoms with Gasteiger partial charge in [0.15, 0.2) is 0 Å². The number of nitrogens with zero attached hydrogens (tertiary/aromatic N) is 3. The lowest BCUT2D eigenvalue weighted by Gasteiger charge is -2.10. The third kappa shape index (κ3) is 3.42. The van der Waals surface area contributed by atoms with Gasteiger partial charge in [-0.15, -0.1) is 0 Å². The Labute approximate surface area is 128 Å². The average molecular weight is 305 g/mol. The van der Waals surface area contributed by atoms with Gasteiger partial charge in [-0.2, -0.15) is 5.10 Å². The van der Waals surface area contributed by atoms with Gasteiger partial charge in [0.05, 0.1) is 11.2 Å². The fourth-order valence-corrected chi connectivity index (χ4v) is 2.29. The number of aryl methyl sites for hydroxylation is 1. The van der Waals surface area contributed by atoms with Crippen molar-refractivity contribution in [3.63, 3.8) is 0 Å². The molecule has 0 bridgehead atoms. The van der Waals surface area contributed by atoms with Crippen LogP contribution < -0.4 is 10.9 Å². The van der Waals surface area contributed by atoms with Gasteiger partial charge in [-0.25, -0.2) is 4.68 Å². The molecule has 2 aromatic rings. The number of rotatable bonds is 5. The summed E-state index contributed by atoms with van der Waals surface area (Å²) in [5.41, 5.74) is 2.22. The Morgan fingerprint density at radius 1 is 1.38 bits per heavy atom. The first-order chi connectivity index (χ1) is 10.1. The number of halogens is 1. The monoisotopic (exact) mass is 304 g/mol. The fraction of sp³-hybridized carbons (Fsp3) is 0.400. The summed E-state index contributed by atoms with van der Waals surface area (Å²) in [6.45, 7) is 3.12. The van der Waals surface area contributed by atoms with Crippen LogP contribution in [0.4, 0.5) is 5.69 Å². The van der Waals surface area contributed by atoms with E-state index in [-0.39, 0.29) is 5.56 Å². The molecular formula is C15H17ClN4O. The SMILES string of the molecule is Cc1ccc(CNc2c(Cl)cnn(CC3CC3)c2=O)cn1. The molecule has 6 heteroatoms. The molecule has 5 nitrogen and oxygen atoms in total. The van der Waals surface area contributed by atoms with Crippen LogP contribution in [0.1, 0.15) is 24.1 Å². The van der Waals surface area contributed by atoms with Gasteiger partial charge < -0.3 is 5.32 Å². The molecule has 0 unspecified atom stereocenters. The molecule has 110 valence electrons. The number of nitrogens with one attached hydrogen (secondary N) is 1. The Balaban J connectivity index is 1.77. The van der Waals surface area contributed by atoms with Crippen molar-refractivity contribution in [1.29, 1.82) is 0 Å². The van der Waals surface area contributed by atoms with Crippen LogP contribution >= 0.6 is 11.6 Å². The first-order valence-corrected chi connectivity index (χ1v) is 7.42. The lowest BCUT2D eigenvalue weighted by atomic mass is 10.2. The van der Waals surface area contributed by atoms with Gasteiger partial charge in [-0.05, 0) is 37.3 Å². The Kier molecular flexibility index (Phi) is 3.92. The summed E-state index contributed by atoms with van der Waals surface area (Å²) < 4.78 is 1.50. The zero-order valence-electron chi connectivity index (χ0n) is 11.8. The van der Waals surface area contributed by atoms with Crippen LogP contribution in [-0.2, 0) is 13.1 Å². The van der Waals surface area contributed by atoms with E-state index in [2.05, 4.69) is 15.4 Å². The van der Waals surface area contributed by atoms with Gasteiger partial charge in [0.2, 0.25) is 0 Å². The van der Waals surface area contributed by atoms with Crippen molar-refractivity contribution in [2.75, 3.05) is 5.32 Å². The highest BCUT2D eigenvalue weighted by molar-refractivity contribution is 6.32. The Morgan fingerprint density at radius 3 is 2.86 bits per heavy atom. The minimum absolute atomic E-state index is 0.158. The standard InChI is InChI=1S/C15H17ClN4O/c1-10-2-3-12(6-17-10)7-18-14-13(16)8-19-20(15(14)21)9-11-4-5-11/h2-3,6,8,11,18H,4-5,7,9H2,1H3. The Hall–Kier alpha value is -1.88. The van der Waals surface area contributed by atoms with Gasteiger partial charge in [-0.3, -0.25) is 9.78 Å². The summed E-state index contributed by atoms with van der Waals surface area (Å²) in [6.07, 6.45) is 5.67. The molecule has 0 saturated heterocycles. The molecule has 1 fully saturated rings. The number of pyridine rings is 1. The van der Waals surface area contributed by atoms with E-state index in [9.17, 15) is 4.79 Å². The maximum Gasteiger partial charge on any atom is 0.291 e. The minimum atomic E-state index is -0.158. The molecule has 0 atom stereocenters. The van der Waals surface area contributed by atoms with E-state index in [0.29, 0.717) is 29.7 Å². The van der Waals surface area contributed by atoms with Crippen LogP contribution in [0.15, 0.2) is 29.3 Å². The van der Waals surface area contributed by atoms with E-state index < -0.39 is 0 Å². The van der Waals surface area contributed by atoms with Crippen molar-refractivity contribution >= 4 is 17.3 Å². The van der Waals surface area contributed by atoms with Gasteiger partial charge >= 0.3 is 0 Å². The van der Waals surface area contributed by atoms with Crippen molar-refractivity contribution in [3.05, 3.63) is 51.2 Å². The molecule has 0 aliphatic heterocycles. The molecule has 1 N–H and O–H groups in total. The minimum Gasteiger partial charge on any atom is -0.375 e. The zero-order chi connectivity index (χ0) is 14.8. The highest BCUT2D eigenvalue weighted by Crippen LogP contribution is 2.30. The average Bonchev–Trinajstić information content (AvgIpc) is 3.28. The highest BCUT2D eigenvalue weighted by atomic mass is 35.5. The lowest BCUT2D eigenvalue weighted by Crippen LogP contribution is -2.26. The summed E-state index contributed by atoms with van der Waals surface area (Å²) >= 11 is 6.09. The predicted molar refractivity (Wildman–Crippen MR) is 82.5 cm³/mol. The van der Waals surface area contributed by atoms with Crippen LogP contribution in [0.3, 0.4) is 0 Å². The first-order valence-electron chi connectivity index (χ1n) is 7.04. The van der Waals surface area contributed by atoms with E-state index >= 15 is 0 Å². The fourth-order valence-electron chi connectivity index (χ4n) is 2.10. The summed E-state index contributed by atoms with van der Waals surface area (Å²) in [7, 11) is 0. The predicted octanol–water partition coefficient (Wildman–Crippen LogP) is 2.62. The molecule has 3 rings (SSSR count). The lowest BCUT2D eigenvalue weighted by molar-refractivity contribution is 0.534. The van der Waals surface area contributed by atoms with E-state index in [1.807, 2.05) is 19.1 Å². The van der Waals surface area contributed by atoms with Gasteiger partial charge in [-0.1, -0.05) is 17.7 Å². The molecule has 2 heterocycles. The molecule has 1 aliphatic rings. The molecule has 0 radical (unpaired) electrons. The van der Waals surface area contributed by atoms with Crippen molar-refractivity contribution in [2.24, 2.45) is 5.92 Å². The largest absolute Gasteiger partial charge is 0.375 e. The molecule has 1 saturated carbocycles. The molecule has 0 amide bonds. The topological polar surface area (TPSA) is 59.8 Å². The van der Waals surface area contributed by atoms with E-state index in [0.717, 1.165) is 11.3 Å². The number of aromatic nitrogens is 3. The molecule has 0 spiro atoms. The Bertz CT molecular complexity index is 692. The van der Waals surface area contributed by atoms with Crippen LogP contribution in [0.5, 0.6) is 0 Å². The maximum absolute atomic E-state index is 12.4. The normalized spacial score (nSPS) is 14.2. The van der Waals surface area contributed by atoms with Crippen LogP contribution in [-0.4, -0.2) is 14.8 Å². The summed E-state index contributed by atoms with van der Waals surface area (Å²) in [5, 5.41) is 7.56. The van der Waals surface area contributed by atoms with Gasteiger partial charge in [0, 0.05) is 25.0 Å². The van der Waals surface area contributed by atoms with Crippen LogP contribution in [0.2, 0.25) is 5.02 Å². The summed E-state index contributed by atoms with van der Waals surface area (Å²) in [6, 6.07) is 3.92. The van der Waals surface area contributed by atoms with Crippen LogP contribution in [0.25, 0.3) is 0 Å². The first kappa shape index (κ1) is 14.1. The van der Waals surface area contributed by atoms with Crippen molar-refractivity contribution < 1.29 is 0 Å². The van der Waals surface area contributed by atoms with E-state index in [1.54, 1.807) is 6.20 Å². The smallest absolute Gasteiger partial charge is 0.291 e. The second kappa shape index (κ2) is 5.85. The second-order valence-corrected chi connectivity index (χ2v) is 5.87. The van der Waals surface area contributed by atoms with E-state index in [1.165, 1.54) is 23.7 Å². The molecular weight excluding hydrogens is 288 g/mol. The van der Waals surface area contributed by atoms with Crippen molar-refractivity contribution in [1.82, 2.24) is 14.8 Å². The number of hydrogen-bond donors (Lipinski definition) is 1. The molecule has 0 aromatic carbocycles. The zero-order valence-corrected chi connectivity index (χ0v) is 12.6. The molecule has 21 heavy (non-hydrogen) atoms. The molecule has 1 aliphatic carbocycles. The third-order valence-electron chi connectivity index (χ3n) is 3.57. The van der Waals surface area contributed by atoms with E-state index in [4.69, 9.17) is 11.6 Å². The van der Waals surface area contributed by atoms with Gasteiger partial charge in [0.1, 0.15) is 5.69 Å². The van der Waals surface area contributed by atoms with Crippen molar-refractivity contribution in [3.8, 4) is 0 Å². The third-order valence-corrected chi connectivity index (χ3v) is 3.85. The maximum atomic E-state index is 12.4.